The predicted molar refractivity (Wildman–Crippen MR) is 72.5 cm³/mol. The molecule has 0 aromatic carbocycles. The van der Waals surface area contributed by atoms with Crippen molar-refractivity contribution >= 4 is 5.97 Å². The van der Waals surface area contributed by atoms with Gasteiger partial charge >= 0.3 is 5.97 Å². The highest BCUT2D eigenvalue weighted by Gasteiger charge is 2.56. The van der Waals surface area contributed by atoms with Gasteiger partial charge in [0.2, 0.25) is 0 Å². The molecule has 4 aliphatic rings. The molecule has 19 heavy (non-hydrogen) atoms. The zero-order valence-electron chi connectivity index (χ0n) is 12.2. The van der Waals surface area contributed by atoms with Crippen LogP contribution >= 0.6 is 0 Å². The van der Waals surface area contributed by atoms with Crippen LogP contribution in [0.2, 0.25) is 0 Å². The van der Waals surface area contributed by atoms with E-state index in [1.54, 1.807) is 0 Å². The fourth-order valence-electron chi connectivity index (χ4n) is 4.78. The predicted octanol–water partition coefficient (Wildman–Crippen LogP) is 3.05. The molecule has 4 saturated carbocycles. The molecule has 0 aliphatic heterocycles. The molecule has 0 amide bonds. The Labute approximate surface area is 115 Å². The largest absolute Gasteiger partial charge is 0.459 e. The van der Waals surface area contributed by atoms with Crippen molar-refractivity contribution in [3.63, 3.8) is 0 Å². The van der Waals surface area contributed by atoms with Crippen LogP contribution in [-0.2, 0) is 9.53 Å². The maximum atomic E-state index is 12.2. The second-order valence-electron chi connectivity index (χ2n) is 7.43. The van der Waals surface area contributed by atoms with Gasteiger partial charge in [-0.05, 0) is 56.8 Å². The molecule has 3 nitrogen and oxygen atoms in total. The van der Waals surface area contributed by atoms with Crippen molar-refractivity contribution in [2.24, 2.45) is 17.8 Å². The van der Waals surface area contributed by atoms with Crippen LogP contribution in [0.25, 0.3) is 0 Å². The Hall–Kier alpha value is -0.570. The molecule has 5 unspecified atom stereocenters. The number of hydrogen-bond acceptors (Lipinski definition) is 3. The fraction of sp³-hybridized carbons (Fsp3) is 0.938. The van der Waals surface area contributed by atoms with E-state index in [0.29, 0.717) is 18.3 Å². The van der Waals surface area contributed by atoms with E-state index in [1.807, 2.05) is 13.8 Å². The van der Waals surface area contributed by atoms with Crippen molar-refractivity contribution in [3.8, 4) is 0 Å². The minimum absolute atomic E-state index is 0.0253. The van der Waals surface area contributed by atoms with Crippen LogP contribution in [0.3, 0.4) is 0 Å². The molecular weight excluding hydrogens is 240 g/mol. The average Bonchev–Trinajstić information content (AvgIpc) is 2.50. The maximum absolute atomic E-state index is 12.2. The summed E-state index contributed by atoms with van der Waals surface area (Å²) < 4.78 is 5.95. The van der Waals surface area contributed by atoms with Crippen molar-refractivity contribution in [2.45, 2.75) is 76.4 Å². The summed E-state index contributed by atoms with van der Waals surface area (Å²) >= 11 is 0. The third kappa shape index (κ3) is 2.42. The smallest absolute Gasteiger partial charge is 0.309 e. The zero-order valence-corrected chi connectivity index (χ0v) is 12.2. The molecule has 0 radical (unpaired) electrons. The maximum Gasteiger partial charge on any atom is 0.309 e. The molecule has 108 valence electrons. The van der Waals surface area contributed by atoms with E-state index in [0.717, 1.165) is 38.5 Å². The molecule has 1 N–H and O–H groups in total. The quantitative estimate of drug-likeness (QED) is 0.799. The summed E-state index contributed by atoms with van der Waals surface area (Å²) in [5, 5.41) is 10.8. The van der Waals surface area contributed by atoms with E-state index in [1.165, 1.54) is 6.42 Å². The van der Waals surface area contributed by atoms with E-state index in [2.05, 4.69) is 0 Å². The van der Waals surface area contributed by atoms with Gasteiger partial charge in [-0.15, -0.1) is 0 Å². The first-order valence-corrected chi connectivity index (χ1v) is 7.89. The van der Waals surface area contributed by atoms with Crippen molar-refractivity contribution in [1.82, 2.24) is 0 Å². The van der Waals surface area contributed by atoms with Crippen molar-refractivity contribution in [3.05, 3.63) is 0 Å². The monoisotopic (exact) mass is 266 g/mol. The minimum atomic E-state index is -0.557. The summed E-state index contributed by atoms with van der Waals surface area (Å²) in [5.74, 6) is 1.12. The summed E-state index contributed by atoms with van der Waals surface area (Å²) in [7, 11) is 0. The zero-order chi connectivity index (χ0) is 13.7. The first-order chi connectivity index (χ1) is 8.94. The number of carbonyl (C=O) groups is 1. The van der Waals surface area contributed by atoms with Gasteiger partial charge in [0.1, 0.15) is 5.60 Å². The molecule has 3 heteroatoms. The van der Waals surface area contributed by atoms with Gasteiger partial charge in [0, 0.05) is 6.42 Å². The van der Waals surface area contributed by atoms with Gasteiger partial charge in [0.15, 0.2) is 0 Å². The molecule has 0 saturated heterocycles. The van der Waals surface area contributed by atoms with Gasteiger partial charge in [-0.25, -0.2) is 0 Å². The Morgan fingerprint density at radius 2 is 2.11 bits per heavy atom. The Morgan fingerprint density at radius 1 is 1.37 bits per heavy atom. The Bertz CT molecular complexity index is 380. The van der Waals surface area contributed by atoms with Gasteiger partial charge in [0.05, 0.1) is 11.5 Å². The van der Waals surface area contributed by atoms with Gasteiger partial charge in [-0.3, -0.25) is 4.79 Å². The van der Waals surface area contributed by atoms with Crippen LogP contribution in [0.1, 0.15) is 65.2 Å². The Morgan fingerprint density at radius 3 is 2.79 bits per heavy atom. The summed E-state index contributed by atoms with van der Waals surface area (Å²) in [6, 6.07) is 0. The standard InChI is InChI=1S/C16H26O3/c1-3-11(2)14(17)19-16-5-4-12-6-13(9-16)8-15(18,7-12)10-16/h11-13,18H,3-10H2,1-2H3. The Balaban J connectivity index is 1.81. The number of rotatable bonds is 3. The lowest BCUT2D eigenvalue weighted by Gasteiger charge is -2.49. The van der Waals surface area contributed by atoms with E-state index in [4.69, 9.17) is 4.74 Å². The normalized spacial score (nSPS) is 45.8. The van der Waals surface area contributed by atoms with Gasteiger partial charge in [-0.1, -0.05) is 13.8 Å². The SMILES string of the molecule is CCC(C)C(=O)OC12CCC3CC(CC(O)(C3)C1)C2. The summed E-state index contributed by atoms with van der Waals surface area (Å²) in [6.07, 6.45) is 7.63. The molecule has 4 rings (SSSR count). The van der Waals surface area contributed by atoms with Gasteiger partial charge in [0.25, 0.3) is 0 Å². The molecule has 0 spiro atoms. The number of fused-ring (bicyclic) bond motifs is 1. The van der Waals surface area contributed by atoms with E-state index >= 15 is 0 Å². The van der Waals surface area contributed by atoms with Gasteiger partial charge < -0.3 is 9.84 Å². The van der Waals surface area contributed by atoms with Crippen LogP contribution < -0.4 is 0 Å². The Kier molecular flexibility index (Phi) is 3.16. The first-order valence-electron chi connectivity index (χ1n) is 7.89. The molecule has 4 bridgehead atoms. The molecule has 4 fully saturated rings. The van der Waals surface area contributed by atoms with Crippen molar-refractivity contribution < 1.29 is 14.6 Å². The topological polar surface area (TPSA) is 46.5 Å². The lowest BCUT2D eigenvalue weighted by Crippen LogP contribution is -2.52. The second-order valence-corrected chi connectivity index (χ2v) is 7.43. The summed E-state index contributed by atoms with van der Waals surface area (Å²) in [4.78, 5) is 12.2. The number of carbonyl (C=O) groups excluding carboxylic acids is 1. The van der Waals surface area contributed by atoms with Crippen molar-refractivity contribution in [2.75, 3.05) is 0 Å². The number of ether oxygens (including phenoxy) is 1. The number of hydrogen-bond donors (Lipinski definition) is 1. The van der Waals surface area contributed by atoms with Crippen LogP contribution in [-0.4, -0.2) is 22.3 Å². The molecular formula is C16H26O3. The van der Waals surface area contributed by atoms with Crippen LogP contribution in [0.4, 0.5) is 0 Å². The fourth-order valence-corrected chi connectivity index (χ4v) is 4.78. The molecule has 4 aliphatic carbocycles. The highest BCUT2D eigenvalue weighted by Crippen LogP contribution is 2.56. The van der Waals surface area contributed by atoms with Crippen molar-refractivity contribution in [1.29, 1.82) is 0 Å². The first kappa shape index (κ1) is 13.4. The highest BCUT2D eigenvalue weighted by molar-refractivity contribution is 5.72. The molecule has 0 heterocycles. The third-order valence-electron chi connectivity index (χ3n) is 5.66. The lowest BCUT2D eigenvalue weighted by atomic mass is 9.63. The minimum Gasteiger partial charge on any atom is -0.459 e. The van der Waals surface area contributed by atoms with E-state index in [-0.39, 0.29) is 17.5 Å². The summed E-state index contributed by atoms with van der Waals surface area (Å²) in [5.41, 5.74) is -0.915. The number of aliphatic hydroxyl groups is 1. The van der Waals surface area contributed by atoms with Crippen LogP contribution in [0.5, 0.6) is 0 Å². The van der Waals surface area contributed by atoms with E-state index in [9.17, 15) is 9.90 Å². The molecule has 0 aromatic heterocycles. The van der Waals surface area contributed by atoms with Gasteiger partial charge in [-0.2, -0.15) is 0 Å². The lowest BCUT2D eigenvalue weighted by molar-refractivity contribution is -0.186. The molecule has 5 atom stereocenters. The highest BCUT2D eigenvalue weighted by atomic mass is 16.6. The molecule has 0 aromatic rings. The second kappa shape index (κ2) is 4.47. The van der Waals surface area contributed by atoms with Crippen LogP contribution in [0, 0.1) is 17.8 Å². The third-order valence-corrected chi connectivity index (χ3v) is 5.66. The van der Waals surface area contributed by atoms with Crippen LogP contribution in [0.15, 0.2) is 0 Å². The average molecular weight is 266 g/mol. The number of esters is 1. The summed E-state index contributed by atoms with van der Waals surface area (Å²) in [6.45, 7) is 3.95. The van der Waals surface area contributed by atoms with E-state index < -0.39 is 5.60 Å².